The zero-order valence-corrected chi connectivity index (χ0v) is 22.2. The second-order valence-corrected chi connectivity index (χ2v) is 9.42. The minimum atomic E-state index is -4.84. The lowest BCUT2D eigenvalue weighted by Gasteiger charge is -2.19. The summed E-state index contributed by atoms with van der Waals surface area (Å²) in [5.74, 6) is -0.512. The summed E-state index contributed by atoms with van der Waals surface area (Å²) in [5, 5.41) is 10.2. The number of nitrogens with zero attached hydrogens (tertiary/aromatic N) is 4. The topological polar surface area (TPSA) is 185 Å². The van der Waals surface area contributed by atoms with E-state index in [2.05, 4.69) is 30.0 Å². The Bertz CT molecular complexity index is 1400. The number of rotatable bonds is 10. The first-order chi connectivity index (χ1) is 18.0. The molecule has 0 bridgehead atoms. The Balaban J connectivity index is 1.87. The summed E-state index contributed by atoms with van der Waals surface area (Å²) in [6, 6.07) is 4.74. The van der Waals surface area contributed by atoms with Gasteiger partial charge in [-0.15, -0.1) is 0 Å². The average molecular weight is 548 g/mol. The molecular weight excluding hydrogens is 519 g/mol. The number of aryl methyl sites for hydroxylation is 2. The number of phosphoric ester groups is 1. The molecule has 0 unspecified atom stereocenters. The van der Waals surface area contributed by atoms with Gasteiger partial charge in [0.2, 0.25) is 6.79 Å². The molecule has 204 valence electrons. The standard InChI is InChI=1S/C23H29N6O8P/c1-5-9-24-21(30)17-11-29-19(15(17)4)20(25-12-26-29)27-18-10-16(8-7-14(18)3)22(31)28(6-2)23(32)36-13-37-38(33,34)35/h7-8,10-12H,5-6,9,13H2,1-4H3,(H,24,30)(H,25,26,27)(H2,33,34,35). The number of ether oxygens (including phenoxy) is 1. The number of amides is 3. The molecule has 0 spiro atoms. The number of aromatic nitrogens is 3. The molecule has 0 saturated heterocycles. The Morgan fingerprint density at radius 2 is 1.92 bits per heavy atom. The molecule has 0 radical (unpaired) electrons. The molecule has 1 aromatic carbocycles. The molecule has 0 fully saturated rings. The van der Waals surface area contributed by atoms with Crippen LogP contribution in [-0.2, 0) is 13.8 Å². The van der Waals surface area contributed by atoms with Crippen molar-refractivity contribution in [3.63, 3.8) is 0 Å². The van der Waals surface area contributed by atoms with E-state index in [1.807, 2.05) is 13.8 Å². The van der Waals surface area contributed by atoms with Gasteiger partial charge in [-0.05, 0) is 50.5 Å². The molecule has 2 aromatic heterocycles. The second-order valence-electron chi connectivity index (χ2n) is 8.18. The number of imide groups is 1. The fraction of sp³-hybridized carbons (Fsp3) is 0.348. The number of anilines is 2. The van der Waals surface area contributed by atoms with Crippen molar-refractivity contribution in [3.05, 3.63) is 53.0 Å². The molecular formula is C23H29N6O8P. The van der Waals surface area contributed by atoms with Crippen molar-refractivity contribution in [2.24, 2.45) is 0 Å². The van der Waals surface area contributed by atoms with Gasteiger partial charge in [-0.2, -0.15) is 5.10 Å². The zero-order chi connectivity index (χ0) is 28.0. The van der Waals surface area contributed by atoms with Gasteiger partial charge in [-0.3, -0.25) is 9.59 Å². The van der Waals surface area contributed by atoms with E-state index in [0.29, 0.717) is 34.7 Å². The first-order valence-corrected chi connectivity index (χ1v) is 13.2. The first kappa shape index (κ1) is 28.7. The highest BCUT2D eigenvalue weighted by Gasteiger charge is 2.25. The summed E-state index contributed by atoms with van der Waals surface area (Å²) in [6.07, 6.45) is 2.63. The van der Waals surface area contributed by atoms with Crippen LogP contribution in [0.4, 0.5) is 16.3 Å². The van der Waals surface area contributed by atoms with Crippen LogP contribution in [0.5, 0.6) is 0 Å². The number of phosphoric acid groups is 1. The molecule has 0 atom stereocenters. The van der Waals surface area contributed by atoms with Gasteiger partial charge in [-0.25, -0.2) is 28.3 Å². The van der Waals surface area contributed by atoms with Crippen molar-refractivity contribution in [2.45, 2.75) is 34.1 Å². The molecule has 3 amide bonds. The van der Waals surface area contributed by atoms with Gasteiger partial charge in [0, 0.05) is 30.5 Å². The third-order valence-corrected chi connectivity index (χ3v) is 5.97. The highest BCUT2D eigenvalue weighted by Crippen LogP contribution is 2.35. The monoisotopic (exact) mass is 548 g/mol. The Labute approximate surface area is 218 Å². The van der Waals surface area contributed by atoms with E-state index in [-0.39, 0.29) is 18.0 Å². The molecule has 0 aliphatic carbocycles. The zero-order valence-electron chi connectivity index (χ0n) is 21.3. The largest absolute Gasteiger partial charge is 0.472 e. The highest BCUT2D eigenvalue weighted by atomic mass is 31.2. The Hall–Kier alpha value is -3.84. The predicted octanol–water partition coefficient (Wildman–Crippen LogP) is 2.90. The minimum Gasteiger partial charge on any atom is -0.421 e. The fourth-order valence-electron chi connectivity index (χ4n) is 3.57. The van der Waals surface area contributed by atoms with E-state index < -0.39 is 26.6 Å². The van der Waals surface area contributed by atoms with E-state index >= 15 is 0 Å². The van der Waals surface area contributed by atoms with Crippen LogP contribution in [-0.4, -0.2) is 67.1 Å². The van der Waals surface area contributed by atoms with E-state index in [0.717, 1.165) is 16.9 Å². The SMILES string of the molecule is CCCNC(=O)c1cn2ncnc(Nc3cc(C(=O)N(CC)C(=O)OCOP(=O)(O)O)ccc3C)c2c1C. The van der Waals surface area contributed by atoms with E-state index in [1.54, 1.807) is 23.7 Å². The number of nitrogens with one attached hydrogen (secondary N) is 2. The van der Waals surface area contributed by atoms with Crippen molar-refractivity contribution < 1.29 is 38.0 Å². The maximum Gasteiger partial charge on any atom is 0.472 e. The quantitative estimate of drug-likeness (QED) is 0.216. The van der Waals surface area contributed by atoms with Gasteiger partial charge >= 0.3 is 13.9 Å². The molecule has 4 N–H and O–H groups in total. The number of benzene rings is 1. The summed E-state index contributed by atoms with van der Waals surface area (Å²) in [5.41, 5.74) is 3.14. The normalized spacial score (nSPS) is 11.3. The van der Waals surface area contributed by atoms with Crippen LogP contribution in [0.1, 0.15) is 52.1 Å². The maximum absolute atomic E-state index is 13.1. The smallest absolute Gasteiger partial charge is 0.421 e. The number of fused-ring (bicyclic) bond motifs is 1. The molecule has 38 heavy (non-hydrogen) atoms. The Morgan fingerprint density at radius 1 is 1.18 bits per heavy atom. The van der Waals surface area contributed by atoms with Crippen LogP contribution in [0, 0.1) is 13.8 Å². The van der Waals surface area contributed by atoms with Crippen molar-refractivity contribution in [2.75, 3.05) is 25.2 Å². The molecule has 14 nitrogen and oxygen atoms in total. The minimum absolute atomic E-state index is 0.0665. The van der Waals surface area contributed by atoms with Gasteiger partial charge in [0.1, 0.15) is 11.8 Å². The summed E-state index contributed by atoms with van der Waals surface area (Å²) >= 11 is 0. The lowest BCUT2D eigenvalue weighted by atomic mass is 10.1. The summed E-state index contributed by atoms with van der Waals surface area (Å²) in [4.78, 5) is 60.5. The third-order valence-electron chi connectivity index (χ3n) is 5.53. The highest BCUT2D eigenvalue weighted by molar-refractivity contribution is 7.46. The fourth-order valence-corrected chi connectivity index (χ4v) is 3.76. The van der Waals surface area contributed by atoms with Crippen LogP contribution in [0.3, 0.4) is 0 Å². The summed E-state index contributed by atoms with van der Waals surface area (Å²) in [7, 11) is -4.84. The van der Waals surface area contributed by atoms with Gasteiger partial charge < -0.3 is 25.2 Å². The molecule has 0 saturated carbocycles. The van der Waals surface area contributed by atoms with Crippen LogP contribution in [0.2, 0.25) is 0 Å². The van der Waals surface area contributed by atoms with Gasteiger partial charge in [0.15, 0.2) is 5.82 Å². The average Bonchev–Trinajstić information content (AvgIpc) is 3.20. The third kappa shape index (κ3) is 6.72. The van der Waals surface area contributed by atoms with Gasteiger partial charge in [-0.1, -0.05) is 13.0 Å². The number of hydrogen-bond donors (Lipinski definition) is 4. The first-order valence-electron chi connectivity index (χ1n) is 11.6. The molecule has 3 aromatic rings. The van der Waals surface area contributed by atoms with Crippen LogP contribution >= 0.6 is 7.82 Å². The molecule has 0 aliphatic heterocycles. The van der Waals surface area contributed by atoms with E-state index in [9.17, 15) is 18.9 Å². The number of hydrogen-bond acceptors (Lipinski definition) is 9. The number of carbonyl (C=O) groups excluding carboxylic acids is 3. The van der Waals surface area contributed by atoms with Gasteiger partial charge in [0.05, 0.1) is 5.56 Å². The molecule has 3 rings (SSSR count). The Kier molecular flexibility index (Phi) is 9.17. The predicted molar refractivity (Wildman–Crippen MR) is 136 cm³/mol. The van der Waals surface area contributed by atoms with Crippen LogP contribution < -0.4 is 10.6 Å². The number of carbonyl (C=O) groups is 3. The Morgan fingerprint density at radius 3 is 2.58 bits per heavy atom. The lowest BCUT2D eigenvalue weighted by molar-refractivity contribution is 0.0211. The van der Waals surface area contributed by atoms with Crippen molar-refractivity contribution >= 4 is 42.8 Å². The van der Waals surface area contributed by atoms with Gasteiger partial charge in [0.25, 0.3) is 11.8 Å². The van der Waals surface area contributed by atoms with Crippen molar-refractivity contribution in [1.82, 2.24) is 24.8 Å². The second kappa shape index (κ2) is 12.1. The maximum atomic E-state index is 13.1. The van der Waals surface area contributed by atoms with E-state index in [4.69, 9.17) is 9.79 Å². The molecule has 2 heterocycles. The lowest BCUT2D eigenvalue weighted by Crippen LogP contribution is -2.37. The summed E-state index contributed by atoms with van der Waals surface area (Å²) in [6.45, 7) is 6.56. The van der Waals surface area contributed by atoms with Crippen molar-refractivity contribution in [1.29, 1.82) is 0 Å². The summed E-state index contributed by atoms with van der Waals surface area (Å²) < 4.78 is 21.1. The van der Waals surface area contributed by atoms with Crippen LogP contribution in [0.15, 0.2) is 30.7 Å². The molecule has 0 aliphatic rings. The van der Waals surface area contributed by atoms with Crippen molar-refractivity contribution in [3.8, 4) is 0 Å². The molecule has 15 heteroatoms. The van der Waals surface area contributed by atoms with Crippen LogP contribution in [0.25, 0.3) is 5.52 Å². The van der Waals surface area contributed by atoms with E-state index in [1.165, 1.54) is 25.4 Å².